The minimum Gasteiger partial charge on any atom is -0.462 e. The topological polar surface area (TPSA) is 65.9 Å². The third-order valence-corrected chi connectivity index (χ3v) is 8.08. The number of nitrogens with zero attached hydrogens (tertiary/aromatic N) is 3. The molecule has 3 atom stereocenters. The van der Waals surface area contributed by atoms with Crippen LogP contribution in [0.4, 0.5) is 13.2 Å². The predicted octanol–water partition coefficient (Wildman–Crippen LogP) is 5.35. The summed E-state index contributed by atoms with van der Waals surface area (Å²) in [5, 5.41) is 11.2. The molecule has 1 N–H and O–H groups in total. The molecule has 0 radical (unpaired) electrons. The van der Waals surface area contributed by atoms with Gasteiger partial charge in [0, 0.05) is 25.2 Å². The Morgan fingerprint density at radius 1 is 1.27 bits per heavy atom. The van der Waals surface area contributed by atoms with Gasteiger partial charge in [0.15, 0.2) is 0 Å². The molecule has 2 fully saturated rings. The van der Waals surface area contributed by atoms with Crippen LogP contribution in [0.25, 0.3) is 6.08 Å². The van der Waals surface area contributed by atoms with Gasteiger partial charge in [0.2, 0.25) is 6.23 Å². The SMILES string of the molecule is CCOC(=O)c1cnc(CN2CCC(N(C(O)C(F)(F)F)[C@@H]3C[C@H]3/C(=C/c3ccccc3)CC)CC2)s1. The first-order valence-corrected chi connectivity index (χ1v) is 13.6. The molecule has 1 saturated carbocycles. The molecule has 202 valence electrons. The number of aliphatic hydroxyl groups excluding tert-OH is 1. The zero-order valence-corrected chi connectivity index (χ0v) is 22.0. The highest BCUT2D eigenvalue weighted by atomic mass is 32.1. The lowest BCUT2D eigenvalue weighted by Crippen LogP contribution is -2.55. The normalized spacial score (nSPS) is 22.3. The summed E-state index contributed by atoms with van der Waals surface area (Å²) >= 11 is 1.28. The Balaban J connectivity index is 1.41. The summed E-state index contributed by atoms with van der Waals surface area (Å²) in [6.07, 6.45) is -1.17. The summed E-state index contributed by atoms with van der Waals surface area (Å²) in [6.45, 7) is 5.79. The highest BCUT2D eigenvalue weighted by Crippen LogP contribution is 2.47. The molecule has 0 amide bonds. The van der Waals surface area contributed by atoms with Crippen molar-refractivity contribution in [3.8, 4) is 0 Å². The van der Waals surface area contributed by atoms with E-state index in [2.05, 4.69) is 16.0 Å². The molecular formula is C27H34F3N3O3S. The van der Waals surface area contributed by atoms with Gasteiger partial charge in [-0.05, 0) is 44.1 Å². The van der Waals surface area contributed by atoms with Gasteiger partial charge in [-0.15, -0.1) is 11.3 Å². The maximum atomic E-state index is 13.7. The number of hydrogen-bond acceptors (Lipinski definition) is 7. The fourth-order valence-electron chi connectivity index (χ4n) is 5.21. The van der Waals surface area contributed by atoms with E-state index in [1.165, 1.54) is 22.4 Å². The number of alkyl halides is 3. The van der Waals surface area contributed by atoms with Gasteiger partial charge in [-0.1, -0.05) is 48.9 Å². The number of esters is 1. The van der Waals surface area contributed by atoms with Gasteiger partial charge in [-0.2, -0.15) is 13.2 Å². The molecule has 2 aromatic rings. The van der Waals surface area contributed by atoms with Crippen LogP contribution in [0.2, 0.25) is 0 Å². The van der Waals surface area contributed by atoms with Crippen LogP contribution in [0, 0.1) is 5.92 Å². The lowest BCUT2D eigenvalue weighted by molar-refractivity contribution is -0.261. The Morgan fingerprint density at radius 3 is 2.59 bits per heavy atom. The van der Waals surface area contributed by atoms with Gasteiger partial charge in [0.25, 0.3) is 0 Å². The number of rotatable bonds is 10. The first-order chi connectivity index (χ1) is 17.7. The number of ether oxygens (including phenoxy) is 1. The van der Waals surface area contributed by atoms with Crippen molar-refractivity contribution in [2.45, 2.75) is 70.6 Å². The largest absolute Gasteiger partial charge is 0.462 e. The molecule has 4 rings (SSSR count). The van der Waals surface area contributed by atoms with E-state index in [9.17, 15) is 23.1 Å². The zero-order valence-electron chi connectivity index (χ0n) is 21.2. The zero-order chi connectivity index (χ0) is 26.6. The van der Waals surface area contributed by atoms with Crippen molar-refractivity contribution in [3.05, 3.63) is 57.6 Å². The first-order valence-electron chi connectivity index (χ1n) is 12.8. The van der Waals surface area contributed by atoms with Gasteiger partial charge in [-0.3, -0.25) is 9.80 Å². The highest BCUT2D eigenvalue weighted by Gasteiger charge is 2.54. The Bertz CT molecular complexity index is 1070. The minimum atomic E-state index is -4.70. The van der Waals surface area contributed by atoms with E-state index in [-0.39, 0.29) is 18.0 Å². The van der Waals surface area contributed by atoms with Crippen LogP contribution >= 0.6 is 11.3 Å². The van der Waals surface area contributed by atoms with Gasteiger partial charge in [0.1, 0.15) is 9.88 Å². The van der Waals surface area contributed by atoms with Crippen LogP contribution < -0.4 is 0 Å². The highest BCUT2D eigenvalue weighted by molar-refractivity contribution is 7.13. The average molecular weight is 538 g/mol. The predicted molar refractivity (Wildman–Crippen MR) is 137 cm³/mol. The molecule has 1 aliphatic carbocycles. The van der Waals surface area contributed by atoms with E-state index < -0.39 is 18.4 Å². The van der Waals surface area contributed by atoms with Crippen molar-refractivity contribution in [1.82, 2.24) is 14.8 Å². The van der Waals surface area contributed by atoms with Gasteiger partial charge in [0.05, 0.1) is 19.3 Å². The van der Waals surface area contributed by atoms with Crippen LogP contribution in [-0.2, 0) is 11.3 Å². The van der Waals surface area contributed by atoms with Crippen LogP contribution in [0.3, 0.4) is 0 Å². The van der Waals surface area contributed by atoms with Crippen LogP contribution in [0.5, 0.6) is 0 Å². The molecule has 2 heterocycles. The van der Waals surface area contributed by atoms with Crippen molar-refractivity contribution in [1.29, 1.82) is 0 Å². The smallest absolute Gasteiger partial charge is 0.428 e. The van der Waals surface area contributed by atoms with E-state index in [0.717, 1.165) is 22.6 Å². The quantitative estimate of drug-likeness (QED) is 0.326. The molecule has 10 heteroatoms. The molecule has 1 aromatic carbocycles. The molecule has 1 unspecified atom stereocenters. The number of carbonyl (C=O) groups excluding carboxylic acids is 1. The Hall–Kier alpha value is -2.27. The van der Waals surface area contributed by atoms with E-state index in [4.69, 9.17) is 4.74 Å². The van der Waals surface area contributed by atoms with Crippen molar-refractivity contribution in [3.63, 3.8) is 0 Å². The molecule has 2 aliphatic rings. The number of aliphatic hydroxyl groups is 1. The third kappa shape index (κ3) is 6.98. The number of aromatic nitrogens is 1. The number of hydrogen-bond donors (Lipinski definition) is 1. The minimum absolute atomic E-state index is 0.0110. The lowest BCUT2D eigenvalue weighted by Gasteiger charge is -2.41. The third-order valence-electron chi connectivity index (χ3n) is 7.12. The first kappa shape index (κ1) is 27.8. The lowest BCUT2D eigenvalue weighted by atomic mass is 10.0. The molecule has 0 bridgehead atoms. The van der Waals surface area contributed by atoms with Gasteiger partial charge in [-0.25, -0.2) is 9.78 Å². The van der Waals surface area contributed by atoms with E-state index >= 15 is 0 Å². The van der Waals surface area contributed by atoms with Crippen molar-refractivity contribution in [2.75, 3.05) is 19.7 Å². The summed E-state index contributed by atoms with van der Waals surface area (Å²) < 4.78 is 46.2. The molecule has 37 heavy (non-hydrogen) atoms. The molecule has 6 nitrogen and oxygen atoms in total. The van der Waals surface area contributed by atoms with Crippen LogP contribution in [0.1, 0.15) is 59.8 Å². The van der Waals surface area contributed by atoms with Crippen molar-refractivity contribution in [2.24, 2.45) is 5.92 Å². The van der Waals surface area contributed by atoms with Crippen molar-refractivity contribution >= 4 is 23.4 Å². The molecular weight excluding hydrogens is 503 g/mol. The summed E-state index contributed by atoms with van der Waals surface area (Å²) in [6, 6.07) is 9.12. The van der Waals surface area contributed by atoms with Gasteiger partial charge >= 0.3 is 12.1 Å². The second-order valence-corrected chi connectivity index (χ2v) is 10.7. The Morgan fingerprint density at radius 2 is 1.97 bits per heavy atom. The number of thiazole rings is 1. The maximum absolute atomic E-state index is 13.7. The van der Waals surface area contributed by atoms with E-state index in [0.29, 0.717) is 50.4 Å². The molecule has 1 aliphatic heterocycles. The number of likely N-dealkylation sites (tertiary alicyclic amines) is 1. The standard InChI is InChI=1S/C27H34F3N3O3S/c1-3-19(14-18-8-6-5-7-9-18)21-15-22(21)33(26(35)27(28,29)30)20-10-12-32(13-11-20)17-24-31-16-23(37-24)25(34)36-4-2/h5-9,14,16,20-22,26,35H,3-4,10-13,15,17H2,1-2H3/b19-14+/t21-,22+,26?/m0/s1. The maximum Gasteiger partial charge on any atom is 0.428 e. The van der Waals surface area contributed by atoms with Crippen LogP contribution in [0.15, 0.2) is 42.1 Å². The Labute approximate surface area is 219 Å². The second kappa shape index (κ2) is 12.1. The number of piperidine rings is 1. The monoisotopic (exact) mass is 537 g/mol. The summed E-state index contributed by atoms with van der Waals surface area (Å²) in [7, 11) is 0. The second-order valence-electron chi connectivity index (χ2n) is 9.60. The van der Waals surface area contributed by atoms with Gasteiger partial charge < -0.3 is 9.84 Å². The average Bonchev–Trinajstić information content (AvgIpc) is 3.51. The van der Waals surface area contributed by atoms with Crippen LogP contribution in [-0.4, -0.2) is 70.0 Å². The van der Waals surface area contributed by atoms with E-state index in [1.54, 1.807) is 6.92 Å². The number of halogens is 3. The summed E-state index contributed by atoms with van der Waals surface area (Å²) in [4.78, 5) is 20.1. The molecule has 1 aromatic heterocycles. The van der Waals surface area contributed by atoms with E-state index in [1.807, 2.05) is 37.3 Å². The molecule has 1 saturated heterocycles. The Kier molecular flexibility index (Phi) is 9.05. The molecule has 0 spiro atoms. The fourth-order valence-corrected chi connectivity index (χ4v) is 6.07. The number of carbonyl (C=O) groups is 1. The number of benzene rings is 1. The van der Waals surface area contributed by atoms with Crippen molar-refractivity contribution < 1.29 is 27.8 Å². The fraction of sp³-hybridized carbons (Fsp3) is 0.556. The summed E-state index contributed by atoms with van der Waals surface area (Å²) in [5.74, 6) is -0.384. The summed E-state index contributed by atoms with van der Waals surface area (Å²) in [5.41, 5.74) is 2.16.